The molecule has 0 unspecified atom stereocenters. The number of benzene rings is 1. The second-order valence-corrected chi connectivity index (χ2v) is 10.5. The first-order valence-corrected chi connectivity index (χ1v) is 12.2. The number of fused-ring (bicyclic) bond motifs is 1. The molecular formula is C24H30FN7OS. The Morgan fingerprint density at radius 1 is 1.18 bits per heavy atom. The molecule has 4 N–H and O–H groups in total. The van der Waals surface area contributed by atoms with Crippen LogP contribution in [-0.2, 0) is 18.4 Å². The van der Waals surface area contributed by atoms with Gasteiger partial charge >= 0.3 is 0 Å². The quantitative estimate of drug-likeness (QED) is 0.405. The molecule has 0 atom stereocenters. The largest absolute Gasteiger partial charge is 0.350 e. The van der Waals surface area contributed by atoms with E-state index < -0.39 is 0 Å². The molecule has 1 aliphatic heterocycles. The zero-order valence-corrected chi connectivity index (χ0v) is 20.9. The minimum absolute atomic E-state index is 0.0521. The Morgan fingerprint density at radius 3 is 2.68 bits per heavy atom. The van der Waals surface area contributed by atoms with E-state index in [1.54, 1.807) is 12.1 Å². The normalized spacial score (nSPS) is 13.5. The van der Waals surface area contributed by atoms with E-state index in [-0.39, 0.29) is 40.4 Å². The summed E-state index contributed by atoms with van der Waals surface area (Å²) in [6.45, 7) is 11.5. The van der Waals surface area contributed by atoms with Gasteiger partial charge in [-0.3, -0.25) is 4.79 Å². The van der Waals surface area contributed by atoms with Crippen LogP contribution in [0.3, 0.4) is 0 Å². The van der Waals surface area contributed by atoms with Crippen LogP contribution in [-0.4, -0.2) is 33.4 Å². The average molecular weight is 484 g/mol. The molecule has 0 fully saturated rings. The van der Waals surface area contributed by atoms with Gasteiger partial charge in [-0.2, -0.15) is 4.98 Å². The molecular weight excluding hydrogens is 453 g/mol. The number of amides is 1. The third-order valence-corrected chi connectivity index (χ3v) is 6.13. The third kappa shape index (κ3) is 5.51. The lowest BCUT2D eigenvalue weighted by Gasteiger charge is -2.19. The molecule has 0 bridgehead atoms. The first kappa shape index (κ1) is 24.0. The Morgan fingerprint density at radius 2 is 1.97 bits per heavy atom. The monoisotopic (exact) mass is 483 g/mol. The summed E-state index contributed by atoms with van der Waals surface area (Å²) in [6.07, 6.45) is 2.23. The Kier molecular flexibility index (Phi) is 6.81. The number of carbonyl (C=O) groups is 1. The van der Waals surface area contributed by atoms with Crippen molar-refractivity contribution in [2.24, 2.45) is 0 Å². The molecule has 4 rings (SSSR count). The molecule has 0 saturated carbocycles. The predicted octanol–water partition coefficient (Wildman–Crippen LogP) is 4.64. The molecule has 10 heteroatoms. The number of anilines is 4. The molecule has 3 aromatic rings. The maximum Gasteiger partial charge on any atom is 0.256 e. The highest BCUT2D eigenvalue weighted by Crippen LogP contribution is 2.30. The first-order chi connectivity index (χ1) is 16.1. The lowest BCUT2D eigenvalue weighted by molar-refractivity contribution is 0.0943. The van der Waals surface area contributed by atoms with Crippen molar-refractivity contribution in [1.29, 1.82) is 0 Å². The van der Waals surface area contributed by atoms with Crippen molar-refractivity contribution in [2.45, 2.75) is 59.0 Å². The highest BCUT2D eigenvalue weighted by molar-refractivity contribution is 7.13. The van der Waals surface area contributed by atoms with E-state index in [1.807, 2.05) is 19.2 Å². The number of carbonyl (C=O) groups excluding carboxylic acids is 1. The van der Waals surface area contributed by atoms with Gasteiger partial charge in [0.2, 0.25) is 5.95 Å². The van der Waals surface area contributed by atoms with Gasteiger partial charge in [-0.15, -0.1) is 11.3 Å². The molecule has 0 aliphatic carbocycles. The van der Waals surface area contributed by atoms with Gasteiger partial charge in [-0.05, 0) is 50.1 Å². The van der Waals surface area contributed by atoms with Gasteiger partial charge in [-0.1, -0.05) is 20.8 Å². The van der Waals surface area contributed by atoms with Crippen molar-refractivity contribution < 1.29 is 9.18 Å². The zero-order valence-electron chi connectivity index (χ0n) is 20.0. The summed E-state index contributed by atoms with van der Waals surface area (Å²) in [4.78, 5) is 26.2. The summed E-state index contributed by atoms with van der Waals surface area (Å²) >= 11 is 1.43. The van der Waals surface area contributed by atoms with Crippen molar-refractivity contribution in [3.8, 4) is 0 Å². The van der Waals surface area contributed by atoms with Gasteiger partial charge in [0.1, 0.15) is 11.4 Å². The Balaban J connectivity index is 1.66. The standard InChI is InChI=1S/C24H30FN7OS/c1-13(2)28-21(33)16-11-27-22(29-18-9-15-10-26-7-6-14(15)8-17(18)25)31-20(16)32-23-30-19(12-34-23)24(3,4)5/h8-9,11-13,26H,6-7,10H2,1-5H3,(H,28,33)(H2,27,29,30,31,32). The van der Waals surface area contributed by atoms with Crippen LogP contribution >= 0.6 is 11.3 Å². The number of hydrogen-bond acceptors (Lipinski definition) is 8. The molecule has 0 saturated heterocycles. The number of hydrogen-bond donors (Lipinski definition) is 4. The maximum absolute atomic E-state index is 14.7. The first-order valence-electron chi connectivity index (χ1n) is 11.3. The van der Waals surface area contributed by atoms with Crippen LogP contribution in [0.4, 0.5) is 27.0 Å². The third-order valence-electron chi connectivity index (χ3n) is 5.37. The fourth-order valence-electron chi connectivity index (χ4n) is 3.54. The molecule has 180 valence electrons. The molecule has 0 radical (unpaired) electrons. The highest BCUT2D eigenvalue weighted by Gasteiger charge is 2.21. The van der Waals surface area contributed by atoms with Crippen LogP contribution < -0.4 is 21.3 Å². The van der Waals surface area contributed by atoms with Gasteiger partial charge < -0.3 is 21.3 Å². The summed E-state index contributed by atoms with van der Waals surface area (Å²) in [7, 11) is 0. The second-order valence-electron chi connectivity index (χ2n) is 9.65. The van der Waals surface area contributed by atoms with Gasteiger partial charge in [0.15, 0.2) is 10.9 Å². The molecule has 2 aromatic heterocycles. The SMILES string of the molecule is CC(C)NC(=O)c1cnc(Nc2cc3c(cc2F)CCNC3)nc1Nc1nc(C(C)(C)C)cs1. The summed E-state index contributed by atoms with van der Waals surface area (Å²) in [5.74, 6) is -0.192. The van der Waals surface area contributed by atoms with Crippen molar-refractivity contribution in [3.05, 3.63) is 51.9 Å². The summed E-state index contributed by atoms with van der Waals surface area (Å²) in [5, 5.41) is 14.9. The lowest BCUT2D eigenvalue weighted by Crippen LogP contribution is -2.31. The zero-order chi connectivity index (χ0) is 24.5. The molecule has 34 heavy (non-hydrogen) atoms. The van der Waals surface area contributed by atoms with Crippen LogP contribution in [0.25, 0.3) is 0 Å². The molecule has 3 heterocycles. The van der Waals surface area contributed by atoms with Crippen molar-refractivity contribution >= 4 is 39.8 Å². The topological polar surface area (TPSA) is 104 Å². The number of thiazole rings is 1. The van der Waals surface area contributed by atoms with E-state index in [4.69, 9.17) is 0 Å². The average Bonchev–Trinajstić information content (AvgIpc) is 3.23. The molecule has 1 aliphatic rings. The van der Waals surface area contributed by atoms with Gasteiger partial charge in [0, 0.05) is 29.6 Å². The fraction of sp³-hybridized carbons (Fsp3) is 0.417. The number of nitrogens with zero attached hydrogens (tertiary/aromatic N) is 3. The van der Waals surface area contributed by atoms with E-state index >= 15 is 0 Å². The van der Waals surface area contributed by atoms with Crippen molar-refractivity contribution in [2.75, 3.05) is 17.2 Å². The lowest BCUT2D eigenvalue weighted by atomic mass is 9.93. The van der Waals surface area contributed by atoms with E-state index in [0.717, 1.165) is 29.8 Å². The van der Waals surface area contributed by atoms with E-state index in [1.165, 1.54) is 17.5 Å². The van der Waals surface area contributed by atoms with Crippen LogP contribution in [0, 0.1) is 5.82 Å². The van der Waals surface area contributed by atoms with E-state index in [0.29, 0.717) is 17.5 Å². The summed E-state index contributed by atoms with van der Waals surface area (Å²) in [5.41, 5.74) is 3.44. The van der Waals surface area contributed by atoms with Crippen LogP contribution in [0.5, 0.6) is 0 Å². The second kappa shape index (κ2) is 9.63. The number of aromatic nitrogens is 3. The minimum Gasteiger partial charge on any atom is -0.350 e. The van der Waals surface area contributed by atoms with E-state index in [9.17, 15) is 9.18 Å². The van der Waals surface area contributed by atoms with Crippen LogP contribution in [0.2, 0.25) is 0 Å². The summed E-state index contributed by atoms with van der Waals surface area (Å²) in [6, 6.07) is 3.29. The smallest absolute Gasteiger partial charge is 0.256 e. The molecule has 8 nitrogen and oxygen atoms in total. The number of halogens is 1. The molecule has 1 amide bonds. The van der Waals surface area contributed by atoms with Gasteiger partial charge in [0.25, 0.3) is 5.91 Å². The Labute approximate surface area is 202 Å². The van der Waals surface area contributed by atoms with E-state index in [2.05, 4.69) is 57.0 Å². The van der Waals surface area contributed by atoms with Crippen molar-refractivity contribution in [1.82, 2.24) is 25.6 Å². The van der Waals surface area contributed by atoms with Crippen LogP contribution in [0.1, 0.15) is 61.8 Å². The van der Waals surface area contributed by atoms with Crippen LogP contribution in [0.15, 0.2) is 23.7 Å². The van der Waals surface area contributed by atoms with Gasteiger partial charge in [0.05, 0.1) is 11.4 Å². The predicted molar refractivity (Wildman–Crippen MR) is 134 cm³/mol. The Bertz CT molecular complexity index is 1200. The number of nitrogens with one attached hydrogen (secondary N) is 4. The molecule has 1 aromatic carbocycles. The fourth-order valence-corrected chi connectivity index (χ4v) is 4.48. The maximum atomic E-state index is 14.7. The van der Waals surface area contributed by atoms with Gasteiger partial charge in [-0.25, -0.2) is 14.4 Å². The number of rotatable bonds is 6. The Hall–Kier alpha value is -3.11. The highest BCUT2D eigenvalue weighted by atomic mass is 32.1. The van der Waals surface area contributed by atoms with Crippen molar-refractivity contribution in [3.63, 3.8) is 0 Å². The molecule has 0 spiro atoms. The summed E-state index contributed by atoms with van der Waals surface area (Å²) < 4.78 is 14.7. The minimum atomic E-state index is -0.366.